The SMILES string of the molecule is CCOC(=O)C(OCC)(OCC)c1ccc(OCC)cc1. The lowest BCUT2D eigenvalue weighted by atomic mass is 10.1. The minimum atomic E-state index is -1.52. The molecule has 5 heteroatoms. The van der Waals surface area contributed by atoms with Gasteiger partial charge < -0.3 is 18.9 Å². The molecule has 0 spiro atoms. The number of hydrogen-bond acceptors (Lipinski definition) is 5. The van der Waals surface area contributed by atoms with E-state index >= 15 is 0 Å². The highest BCUT2D eigenvalue weighted by Crippen LogP contribution is 2.30. The van der Waals surface area contributed by atoms with E-state index in [1.807, 2.05) is 20.8 Å². The van der Waals surface area contributed by atoms with Crippen LogP contribution < -0.4 is 4.74 Å². The summed E-state index contributed by atoms with van der Waals surface area (Å²) in [5.74, 6) is -1.34. The molecule has 1 aromatic rings. The number of rotatable bonds is 9. The van der Waals surface area contributed by atoms with Crippen LogP contribution in [0.4, 0.5) is 0 Å². The Kier molecular flexibility index (Phi) is 7.19. The number of carbonyl (C=O) groups excluding carboxylic acids is 1. The Hall–Kier alpha value is -1.59. The molecule has 0 aliphatic carbocycles. The average molecular weight is 296 g/mol. The molecule has 0 amide bonds. The molecule has 0 heterocycles. The van der Waals surface area contributed by atoms with Gasteiger partial charge in [0.05, 0.1) is 13.2 Å². The molecule has 0 saturated carbocycles. The Morgan fingerprint density at radius 2 is 1.48 bits per heavy atom. The summed E-state index contributed by atoms with van der Waals surface area (Å²) in [6.45, 7) is 8.77. The Bertz CT molecular complexity index is 421. The predicted octanol–water partition coefficient (Wildman–Crippen LogP) is 2.87. The van der Waals surface area contributed by atoms with Gasteiger partial charge in [0.1, 0.15) is 5.75 Å². The maximum Gasteiger partial charge on any atom is 0.372 e. The van der Waals surface area contributed by atoms with Gasteiger partial charge in [-0.05, 0) is 52.0 Å². The van der Waals surface area contributed by atoms with Crippen LogP contribution in [0.3, 0.4) is 0 Å². The van der Waals surface area contributed by atoms with E-state index < -0.39 is 11.8 Å². The molecule has 0 atom stereocenters. The Labute approximate surface area is 126 Å². The second-order valence-electron chi connectivity index (χ2n) is 4.16. The van der Waals surface area contributed by atoms with E-state index in [1.54, 1.807) is 31.2 Å². The highest BCUT2D eigenvalue weighted by molar-refractivity contribution is 5.79. The number of ether oxygens (including phenoxy) is 4. The van der Waals surface area contributed by atoms with Crippen molar-refractivity contribution >= 4 is 5.97 Å². The van der Waals surface area contributed by atoms with E-state index in [0.717, 1.165) is 5.75 Å². The molecule has 1 aromatic carbocycles. The highest BCUT2D eigenvalue weighted by atomic mass is 16.7. The zero-order chi connectivity index (χ0) is 15.7. The molecule has 0 bridgehead atoms. The van der Waals surface area contributed by atoms with Gasteiger partial charge in [-0.15, -0.1) is 0 Å². The van der Waals surface area contributed by atoms with Gasteiger partial charge in [0.25, 0.3) is 5.79 Å². The summed E-state index contributed by atoms with van der Waals surface area (Å²) >= 11 is 0. The summed E-state index contributed by atoms with van der Waals surface area (Å²) in [4.78, 5) is 12.4. The van der Waals surface area contributed by atoms with Gasteiger partial charge in [0, 0.05) is 18.8 Å². The lowest BCUT2D eigenvalue weighted by Gasteiger charge is -2.31. The molecule has 0 saturated heterocycles. The molecule has 0 N–H and O–H groups in total. The molecule has 21 heavy (non-hydrogen) atoms. The first-order valence-electron chi connectivity index (χ1n) is 7.33. The lowest BCUT2D eigenvalue weighted by molar-refractivity contribution is -0.252. The van der Waals surface area contributed by atoms with Crippen molar-refractivity contribution in [2.75, 3.05) is 26.4 Å². The van der Waals surface area contributed by atoms with Crippen molar-refractivity contribution in [2.45, 2.75) is 33.5 Å². The first-order valence-corrected chi connectivity index (χ1v) is 7.33. The van der Waals surface area contributed by atoms with Crippen LogP contribution in [0.15, 0.2) is 24.3 Å². The van der Waals surface area contributed by atoms with E-state index in [9.17, 15) is 4.79 Å². The number of esters is 1. The normalized spacial score (nSPS) is 11.2. The Morgan fingerprint density at radius 3 is 1.90 bits per heavy atom. The highest BCUT2D eigenvalue weighted by Gasteiger charge is 2.44. The molecule has 0 aliphatic rings. The van der Waals surface area contributed by atoms with Crippen molar-refractivity contribution in [3.8, 4) is 5.75 Å². The van der Waals surface area contributed by atoms with Crippen LogP contribution in [-0.4, -0.2) is 32.4 Å². The third-order valence-electron chi connectivity index (χ3n) is 2.78. The first-order chi connectivity index (χ1) is 10.1. The molecule has 0 aliphatic heterocycles. The van der Waals surface area contributed by atoms with E-state index in [-0.39, 0.29) is 6.61 Å². The largest absolute Gasteiger partial charge is 0.494 e. The van der Waals surface area contributed by atoms with E-state index in [2.05, 4.69) is 0 Å². The van der Waals surface area contributed by atoms with Gasteiger partial charge in [-0.25, -0.2) is 4.79 Å². The van der Waals surface area contributed by atoms with E-state index in [0.29, 0.717) is 25.4 Å². The maximum atomic E-state index is 12.4. The van der Waals surface area contributed by atoms with Crippen LogP contribution in [0.5, 0.6) is 5.75 Å². The minimum absolute atomic E-state index is 0.262. The third-order valence-corrected chi connectivity index (χ3v) is 2.78. The van der Waals surface area contributed by atoms with Crippen LogP contribution in [0.25, 0.3) is 0 Å². The molecule has 118 valence electrons. The standard InChI is InChI=1S/C16H24O5/c1-5-18-14-11-9-13(10-12-14)16(20-7-3,21-8-4)15(17)19-6-2/h9-12H,5-8H2,1-4H3. The van der Waals surface area contributed by atoms with Crippen LogP contribution in [0, 0.1) is 0 Å². The molecule has 0 radical (unpaired) electrons. The van der Waals surface area contributed by atoms with Crippen LogP contribution >= 0.6 is 0 Å². The average Bonchev–Trinajstić information content (AvgIpc) is 2.48. The molecule has 1 rings (SSSR count). The monoisotopic (exact) mass is 296 g/mol. The van der Waals surface area contributed by atoms with Gasteiger partial charge in [0.2, 0.25) is 0 Å². The van der Waals surface area contributed by atoms with Crippen molar-refractivity contribution in [1.82, 2.24) is 0 Å². The number of hydrogen-bond donors (Lipinski definition) is 0. The maximum absolute atomic E-state index is 12.4. The molecule has 0 fully saturated rings. The van der Waals surface area contributed by atoms with E-state index in [1.165, 1.54) is 0 Å². The van der Waals surface area contributed by atoms with Crippen LogP contribution in [0.1, 0.15) is 33.3 Å². The number of benzene rings is 1. The molecular formula is C16H24O5. The second-order valence-corrected chi connectivity index (χ2v) is 4.16. The third kappa shape index (κ3) is 4.19. The van der Waals surface area contributed by atoms with Crippen molar-refractivity contribution in [2.24, 2.45) is 0 Å². The van der Waals surface area contributed by atoms with E-state index in [4.69, 9.17) is 18.9 Å². The van der Waals surface area contributed by atoms with Gasteiger partial charge in [0.15, 0.2) is 0 Å². The summed E-state index contributed by atoms with van der Waals surface area (Å²) in [6.07, 6.45) is 0. The zero-order valence-corrected chi connectivity index (χ0v) is 13.2. The molecule has 0 aromatic heterocycles. The van der Waals surface area contributed by atoms with Crippen LogP contribution in [-0.2, 0) is 24.8 Å². The van der Waals surface area contributed by atoms with Gasteiger partial charge >= 0.3 is 5.97 Å². The fraction of sp³-hybridized carbons (Fsp3) is 0.562. The minimum Gasteiger partial charge on any atom is -0.494 e. The van der Waals surface area contributed by atoms with Gasteiger partial charge in [-0.2, -0.15) is 0 Å². The predicted molar refractivity (Wildman–Crippen MR) is 79.2 cm³/mol. The molecule has 5 nitrogen and oxygen atoms in total. The van der Waals surface area contributed by atoms with Crippen molar-refractivity contribution in [1.29, 1.82) is 0 Å². The fourth-order valence-corrected chi connectivity index (χ4v) is 2.01. The van der Waals surface area contributed by atoms with Crippen molar-refractivity contribution in [3.05, 3.63) is 29.8 Å². The summed E-state index contributed by atoms with van der Waals surface area (Å²) in [5, 5.41) is 0. The van der Waals surface area contributed by atoms with Crippen molar-refractivity contribution in [3.63, 3.8) is 0 Å². The molecule has 0 unspecified atom stereocenters. The summed E-state index contributed by atoms with van der Waals surface area (Å²) < 4.78 is 21.8. The molecular weight excluding hydrogens is 272 g/mol. The zero-order valence-electron chi connectivity index (χ0n) is 13.2. The second kappa shape index (κ2) is 8.64. The summed E-state index contributed by atoms with van der Waals surface area (Å²) in [6, 6.07) is 7.08. The van der Waals surface area contributed by atoms with Crippen molar-refractivity contribution < 1.29 is 23.7 Å². The fourth-order valence-electron chi connectivity index (χ4n) is 2.01. The first kappa shape index (κ1) is 17.5. The van der Waals surface area contributed by atoms with Crippen LogP contribution in [0.2, 0.25) is 0 Å². The quantitative estimate of drug-likeness (QED) is 0.518. The number of carbonyl (C=O) groups is 1. The summed E-state index contributed by atoms with van der Waals surface area (Å²) in [5.41, 5.74) is 0.591. The lowest BCUT2D eigenvalue weighted by Crippen LogP contribution is -2.43. The Morgan fingerprint density at radius 1 is 0.905 bits per heavy atom. The summed E-state index contributed by atoms with van der Waals surface area (Å²) in [7, 11) is 0. The van der Waals surface area contributed by atoms with Gasteiger partial charge in [-0.1, -0.05) is 0 Å². The Balaban J connectivity index is 3.16. The van der Waals surface area contributed by atoms with Gasteiger partial charge in [-0.3, -0.25) is 0 Å². The smallest absolute Gasteiger partial charge is 0.372 e. The topological polar surface area (TPSA) is 54.0 Å².